The molecular formula is C30H35NO4S. The van der Waals surface area contributed by atoms with Gasteiger partial charge in [0.1, 0.15) is 0 Å². The predicted molar refractivity (Wildman–Crippen MR) is 147 cm³/mol. The first-order valence-corrected chi connectivity index (χ1v) is 13.4. The molecular weight excluding hydrogens is 470 g/mol. The van der Waals surface area contributed by atoms with Crippen LogP contribution in [0.3, 0.4) is 0 Å². The lowest BCUT2D eigenvalue weighted by atomic mass is 9.92. The maximum absolute atomic E-state index is 13.7. The molecule has 0 aliphatic heterocycles. The largest absolute Gasteiger partial charge is 0.493 e. The van der Waals surface area contributed by atoms with Crippen molar-refractivity contribution in [1.82, 2.24) is 4.31 Å². The van der Waals surface area contributed by atoms with Crippen LogP contribution in [0.1, 0.15) is 43.0 Å². The van der Waals surface area contributed by atoms with Gasteiger partial charge >= 0.3 is 0 Å². The van der Waals surface area contributed by atoms with Crippen molar-refractivity contribution in [1.29, 1.82) is 0 Å². The minimum atomic E-state index is -3.77. The van der Waals surface area contributed by atoms with E-state index in [2.05, 4.69) is 6.58 Å². The highest BCUT2D eigenvalue weighted by atomic mass is 32.2. The normalized spacial score (nSPS) is 12.1. The summed E-state index contributed by atoms with van der Waals surface area (Å²) in [6.07, 6.45) is 3.52. The second kappa shape index (κ2) is 12.1. The number of benzene rings is 3. The number of hydrogen-bond acceptors (Lipinski definition) is 4. The van der Waals surface area contributed by atoms with Crippen LogP contribution in [0.4, 0.5) is 0 Å². The van der Waals surface area contributed by atoms with Crippen LogP contribution < -0.4 is 9.47 Å². The lowest BCUT2D eigenvalue weighted by molar-refractivity contribution is 0.229. The van der Waals surface area contributed by atoms with Gasteiger partial charge in [-0.2, -0.15) is 4.31 Å². The molecule has 0 heterocycles. The zero-order valence-corrected chi connectivity index (χ0v) is 22.5. The fourth-order valence-corrected chi connectivity index (χ4v) is 5.45. The Morgan fingerprint density at radius 1 is 1.03 bits per heavy atom. The van der Waals surface area contributed by atoms with Crippen molar-refractivity contribution in [2.24, 2.45) is 0 Å². The van der Waals surface area contributed by atoms with Crippen LogP contribution in [0, 0.1) is 6.92 Å². The van der Waals surface area contributed by atoms with Crippen LogP contribution in [0.25, 0.3) is 5.57 Å². The summed E-state index contributed by atoms with van der Waals surface area (Å²) in [4.78, 5) is 0.248. The minimum absolute atomic E-state index is 0.109. The summed E-state index contributed by atoms with van der Waals surface area (Å²) in [5, 5.41) is 0. The summed E-state index contributed by atoms with van der Waals surface area (Å²) >= 11 is 0. The zero-order chi connectivity index (χ0) is 26.3. The second-order valence-corrected chi connectivity index (χ2v) is 10.7. The number of ether oxygens (including phenoxy) is 2. The van der Waals surface area contributed by atoms with Crippen LogP contribution in [-0.2, 0) is 16.6 Å². The summed E-state index contributed by atoms with van der Waals surface area (Å²) in [7, 11) is -2.17. The van der Waals surface area contributed by atoms with Crippen molar-refractivity contribution < 1.29 is 17.9 Å². The van der Waals surface area contributed by atoms with E-state index in [0.29, 0.717) is 11.5 Å². The summed E-state index contributed by atoms with van der Waals surface area (Å²) < 4.78 is 40.7. The van der Waals surface area contributed by atoms with Crippen LogP contribution >= 0.6 is 0 Å². The van der Waals surface area contributed by atoms with Crippen molar-refractivity contribution >= 4 is 15.6 Å². The molecule has 3 aromatic rings. The average molecular weight is 506 g/mol. The van der Waals surface area contributed by atoms with Crippen molar-refractivity contribution in [2.45, 2.75) is 45.2 Å². The van der Waals surface area contributed by atoms with E-state index < -0.39 is 10.0 Å². The Balaban J connectivity index is 2.22. The van der Waals surface area contributed by atoms with Crippen LogP contribution in [0.5, 0.6) is 11.5 Å². The molecule has 0 atom stereocenters. The van der Waals surface area contributed by atoms with Crippen LogP contribution in [0.2, 0.25) is 0 Å². The molecule has 3 rings (SSSR count). The molecule has 0 fully saturated rings. The van der Waals surface area contributed by atoms with E-state index in [1.54, 1.807) is 37.5 Å². The highest BCUT2D eigenvalue weighted by Crippen LogP contribution is 2.42. The van der Waals surface area contributed by atoms with Gasteiger partial charge in [-0.25, -0.2) is 8.42 Å². The van der Waals surface area contributed by atoms with Gasteiger partial charge in [0.2, 0.25) is 10.0 Å². The highest BCUT2D eigenvalue weighted by molar-refractivity contribution is 7.89. The van der Waals surface area contributed by atoms with Crippen molar-refractivity contribution in [3.8, 4) is 11.5 Å². The number of allylic oxidation sites excluding steroid dienone is 1. The Morgan fingerprint density at radius 2 is 1.69 bits per heavy atom. The molecule has 0 saturated heterocycles. The monoisotopic (exact) mass is 505 g/mol. The number of hydrogen-bond donors (Lipinski definition) is 0. The van der Waals surface area contributed by atoms with Gasteiger partial charge in [0.15, 0.2) is 11.5 Å². The highest BCUT2D eigenvalue weighted by Gasteiger charge is 2.27. The summed E-state index contributed by atoms with van der Waals surface area (Å²) in [6, 6.07) is 20.6. The molecule has 0 aliphatic carbocycles. The Labute approximate surface area is 215 Å². The third-order valence-electron chi connectivity index (χ3n) is 5.76. The molecule has 0 unspecified atom stereocenters. The number of methoxy groups -OCH3 is 1. The van der Waals surface area contributed by atoms with Gasteiger partial charge in [0.05, 0.1) is 18.1 Å². The smallest absolute Gasteiger partial charge is 0.243 e. The molecule has 36 heavy (non-hydrogen) atoms. The molecule has 0 aromatic heterocycles. The Hall–Kier alpha value is -3.35. The van der Waals surface area contributed by atoms with E-state index in [-0.39, 0.29) is 24.1 Å². The van der Waals surface area contributed by atoms with Crippen LogP contribution in [-0.4, -0.2) is 32.5 Å². The number of aryl methyl sites for hydroxylation is 1. The Bertz CT molecular complexity index is 1310. The van der Waals surface area contributed by atoms with E-state index in [1.807, 2.05) is 76.2 Å². The summed E-state index contributed by atoms with van der Waals surface area (Å²) in [6.45, 7) is 11.9. The zero-order valence-electron chi connectivity index (χ0n) is 21.7. The van der Waals surface area contributed by atoms with Gasteiger partial charge in [0, 0.05) is 18.7 Å². The Morgan fingerprint density at radius 3 is 2.25 bits per heavy atom. The third-order valence-corrected chi connectivity index (χ3v) is 7.59. The number of sulfonamides is 1. The maximum atomic E-state index is 13.7. The summed E-state index contributed by atoms with van der Waals surface area (Å²) in [5.74, 6) is 1.18. The quantitative estimate of drug-likeness (QED) is 0.275. The van der Waals surface area contributed by atoms with Gasteiger partial charge in [-0.15, -0.1) is 6.58 Å². The SMILES string of the molecule is C=CCN(Cc1ccc(OC)c(OC(C)C)c1/C(=C/C)c1ccccc1)S(=O)(=O)c1ccc(C)cc1. The molecule has 6 heteroatoms. The predicted octanol–water partition coefficient (Wildman–Crippen LogP) is 6.62. The van der Waals surface area contributed by atoms with Crippen LogP contribution in [0.15, 0.2) is 90.4 Å². The lowest BCUT2D eigenvalue weighted by Gasteiger charge is -2.26. The molecule has 0 spiro atoms. The molecule has 3 aromatic carbocycles. The minimum Gasteiger partial charge on any atom is -0.493 e. The summed E-state index contributed by atoms with van der Waals surface area (Å²) in [5.41, 5.74) is 4.55. The van der Waals surface area contributed by atoms with E-state index in [9.17, 15) is 8.42 Å². The third kappa shape index (κ3) is 6.07. The fourth-order valence-electron chi connectivity index (χ4n) is 4.06. The first-order chi connectivity index (χ1) is 17.2. The molecule has 0 radical (unpaired) electrons. The molecule has 0 saturated carbocycles. The molecule has 0 N–H and O–H groups in total. The van der Waals surface area contributed by atoms with E-state index in [0.717, 1.165) is 27.8 Å². The first kappa shape index (κ1) is 27.2. The first-order valence-electron chi connectivity index (χ1n) is 12.0. The number of nitrogens with zero attached hydrogens (tertiary/aromatic N) is 1. The molecule has 0 aliphatic rings. The van der Waals surface area contributed by atoms with E-state index >= 15 is 0 Å². The molecule has 5 nitrogen and oxygen atoms in total. The van der Waals surface area contributed by atoms with Gasteiger partial charge < -0.3 is 9.47 Å². The van der Waals surface area contributed by atoms with Gasteiger partial charge in [0.25, 0.3) is 0 Å². The van der Waals surface area contributed by atoms with Crippen molar-refractivity contribution in [2.75, 3.05) is 13.7 Å². The van der Waals surface area contributed by atoms with Crippen molar-refractivity contribution in [3.05, 3.63) is 108 Å². The van der Waals surface area contributed by atoms with Gasteiger partial charge in [-0.1, -0.05) is 66.2 Å². The van der Waals surface area contributed by atoms with Crippen molar-refractivity contribution in [3.63, 3.8) is 0 Å². The molecule has 190 valence electrons. The number of rotatable bonds is 11. The van der Waals surface area contributed by atoms with E-state index in [1.165, 1.54) is 4.31 Å². The second-order valence-electron chi connectivity index (χ2n) is 8.77. The maximum Gasteiger partial charge on any atom is 0.243 e. The topological polar surface area (TPSA) is 55.8 Å². The lowest BCUT2D eigenvalue weighted by Crippen LogP contribution is -2.31. The van der Waals surface area contributed by atoms with Gasteiger partial charge in [-0.3, -0.25) is 0 Å². The Kier molecular flexibility index (Phi) is 9.13. The average Bonchev–Trinajstić information content (AvgIpc) is 2.86. The fraction of sp³-hybridized carbons (Fsp3) is 0.267. The standard InChI is InChI=1S/C30H35NO4S/c1-7-20-31(36(32,33)26-17-14-23(5)15-18-26)21-25-16-19-28(34-6)30(35-22(3)4)29(25)27(8-2)24-12-10-9-11-13-24/h7-19,22H,1,20-21H2,2-6H3/b27-8+. The molecule has 0 bridgehead atoms. The van der Waals surface area contributed by atoms with Gasteiger partial charge in [-0.05, 0) is 62.6 Å². The molecule has 0 amide bonds. The van der Waals surface area contributed by atoms with E-state index in [4.69, 9.17) is 9.47 Å².